The highest BCUT2D eigenvalue weighted by Crippen LogP contribution is 2.38. The SMILES string of the molecule is CCN(CC)c1c(C)cc(C(COc2ccc(C(=O)O)c(O)c2)N=O)cc1C(C)(C)C. The number of hydrogen-bond donors (Lipinski definition) is 2. The molecule has 2 aromatic rings. The van der Waals surface area contributed by atoms with E-state index in [9.17, 15) is 14.8 Å². The van der Waals surface area contributed by atoms with E-state index in [1.54, 1.807) is 0 Å². The monoisotopic (exact) mass is 428 g/mol. The number of anilines is 1. The summed E-state index contributed by atoms with van der Waals surface area (Å²) in [6, 6.07) is 7.19. The van der Waals surface area contributed by atoms with Crippen molar-refractivity contribution in [2.75, 3.05) is 24.6 Å². The molecule has 7 nitrogen and oxygen atoms in total. The number of carboxylic acid groups (broad SMARTS) is 1. The molecule has 0 aliphatic heterocycles. The van der Waals surface area contributed by atoms with Crippen LogP contribution in [0, 0.1) is 11.8 Å². The maximum Gasteiger partial charge on any atom is 0.339 e. The minimum atomic E-state index is -1.23. The van der Waals surface area contributed by atoms with Crippen LogP contribution in [-0.4, -0.2) is 35.9 Å². The minimum absolute atomic E-state index is 0.0248. The van der Waals surface area contributed by atoms with Gasteiger partial charge in [0.2, 0.25) is 0 Å². The molecule has 2 N–H and O–H groups in total. The van der Waals surface area contributed by atoms with Gasteiger partial charge in [-0.1, -0.05) is 38.1 Å². The van der Waals surface area contributed by atoms with Crippen LogP contribution in [0.15, 0.2) is 35.5 Å². The van der Waals surface area contributed by atoms with Gasteiger partial charge >= 0.3 is 5.97 Å². The Balaban J connectivity index is 2.37. The number of carbonyl (C=O) groups is 1. The lowest BCUT2D eigenvalue weighted by molar-refractivity contribution is 0.0693. The number of carboxylic acids is 1. The zero-order chi connectivity index (χ0) is 23.3. The van der Waals surface area contributed by atoms with Crippen LogP contribution in [0.5, 0.6) is 11.5 Å². The maximum atomic E-state index is 11.7. The molecule has 0 spiro atoms. The molecular weight excluding hydrogens is 396 g/mol. The first kappa shape index (κ1) is 24.2. The topological polar surface area (TPSA) is 99.4 Å². The van der Waals surface area contributed by atoms with Crippen LogP contribution in [-0.2, 0) is 5.41 Å². The van der Waals surface area contributed by atoms with Gasteiger partial charge in [0, 0.05) is 24.8 Å². The van der Waals surface area contributed by atoms with Gasteiger partial charge in [0.25, 0.3) is 0 Å². The Kier molecular flexibility index (Phi) is 7.65. The van der Waals surface area contributed by atoms with Crippen LogP contribution in [0.4, 0.5) is 5.69 Å². The molecule has 1 unspecified atom stereocenters. The molecule has 0 amide bonds. The fraction of sp³-hybridized carbons (Fsp3) is 0.458. The maximum absolute atomic E-state index is 11.7. The molecule has 0 aliphatic carbocycles. The van der Waals surface area contributed by atoms with Crippen LogP contribution in [0.1, 0.15) is 67.7 Å². The zero-order valence-corrected chi connectivity index (χ0v) is 19.1. The van der Waals surface area contributed by atoms with Gasteiger partial charge in [-0.3, -0.25) is 0 Å². The smallest absolute Gasteiger partial charge is 0.339 e. The number of nitroso groups, excluding NO2 is 1. The Labute approximate surface area is 183 Å². The van der Waals surface area contributed by atoms with E-state index in [1.807, 2.05) is 19.1 Å². The Bertz CT molecular complexity index is 946. The van der Waals surface area contributed by atoms with E-state index in [2.05, 4.69) is 44.7 Å². The van der Waals surface area contributed by atoms with E-state index >= 15 is 0 Å². The van der Waals surface area contributed by atoms with Crippen molar-refractivity contribution in [3.8, 4) is 11.5 Å². The Morgan fingerprint density at radius 3 is 2.29 bits per heavy atom. The van der Waals surface area contributed by atoms with Gasteiger partial charge in [-0.2, -0.15) is 4.91 Å². The molecule has 0 fully saturated rings. The van der Waals surface area contributed by atoms with E-state index in [1.165, 1.54) is 23.9 Å². The van der Waals surface area contributed by atoms with Gasteiger partial charge in [-0.05, 0) is 55.0 Å². The van der Waals surface area contributed by atoms with Crippen molar-refractivity contribution in [2.45, 2.75) is 53.0 Å². The second-order valence-corrected chi connectivity index (χ2v) is 8.57. The molecule has 0 radical (unpaired) electrons. The number of phenols is 1. The van der Waals surface area contributed by atoms with Crippen LogP contribution < -0.4 is 9.64 Å². The number of aromatic hydroxyl groups is 1. The minimum Gasteiger partial charge on any atom is -0.507 e. The first-order chi connectivity index (χ1) is 14.5. The first-order valence-electron chi connectivity index (χ1n) is 10.4. The largest absolute Gasteiger partial charge is 0.507 e. The van der Waals surface area contributed by atoms with Crippen molar-refractivity contribution >= 4 is 11.7 Å². The molecule has 0 saturated heterocycles. The molecule has 1 atom stereocenters. The fourth-order valence-corrected chi connectivity index (χ4v) is 3.68. The number of hydrogen-bond acceptors (Lipinski definition) is 6. The van der Waals surface area contributed by atoms with Crippen LogP contribution in [0.25, 0.3) is 0 Å². The molecular formula is C24H32N2O5. The van der Waals surface area contributed by atoms with Crippen molar-refractivity contribution in [1.82, 2.24) is 0 Å². The van der Waals surface area contributed by atoms with Gasteiger partial charge in [-0.15, -0.1) is 0 Å². The normalized spacial score (nSPS) is 12.3. The molecule has 0 saturated carbocycles. The van der Waals surface area contributed by atoms with Crippen molar-refractivity contribution in [3.05, 3.63) is 57.5 Å². The van der Waals surface area contributed by atoms with Crippen molar-refractivity contribution < 1.29 is 19.7 Å². The van der Waals surface area contributed by atoms with Gasteiger partial charge in [0.1, 0.15) is 23.7 Å². The van der Waals surface area contributed by atoms with Crippen LogP contribution >= 0.6 is 0 Å². The predicted octanol–water partition coefficient (Wildman–Crippen LogP) is 5.43. The molecule has 31 heavy (non-hydrogen) atoms. The molecule has 0 aromatic heterocycles. The quantitative estimate of drug-likeness (QED) is 0.517. The highest BCUT2D eigenvalue weighted by molar-refractivity contribution is 5.90. The molecule has 7 heteroatoms. The third kappa shape index (κ3) is 5.54. The molecule has 168 valence electrons. The summed E-state index contributed by atoms with van der Waals surface area (Å²) < 4.78 is 5.66. The second-order valence-electron chi connectivity index (χ2n) is 8.57. The number of nitrogens with zero attached hydrogens (tertiary/aromatic N) is 2. The first-order valence-corrected chi connectivity index (χ1v) is 10.4. The van der Waals surface area contributed by atoms with E-state index in [-0.39, 0.29) is 23.3 Å². The van der Waals surface area contributed by atoms with Crippen LogP contribution in [0.2, 0.25) is 0 Å². The second kappa shape index (κ2) is 9.81. The summed E-state index contributed by atoms with van der Waals surface area (Å²) in [5.74, 6) is -1.35. The summed E-state index contributed by atoms with van der Waals surface area (Å²) in [5, 5.41) is 22.1. The van der Waals surface area contributed by atoms with Gasteiger partial charge in [0.15, 0.2) is 6.04 Å². The molecule has 2 aromatic carbocycles. The predicted molar refractivity (Wildman–Crippen MR) is 123 cm³/mol. The van der Waals surface area contributed by atoms with Crippen molar-refractivity contribution in [2.24, 2.45) is 5.18 Å². The summed E-state index contributed by atoms with van der Waals surface area (Å²) in [7, 11) is 0. The lowest BCUT2D eigenvalue weighted by atomic mass is 9.82. The molecule has 0 aliphatic rings. The third-order valence-electron chi connectivity index (χ3n) is 5.33. The fourth-order valence-electron chi connectivity index (χ4n) is 3.68. The molecule has 0 bridgehead atoms. The number of rotatable bonds is 9. The summed E-state index contributed by atoms with van der Waals surface area (Å²) >= 11 is 0. The molecule has 0 heterocycles. The number of ether oxygens (including phenoxy) is 1. The summed E-state index contributed by atoms with van der Waals surface area (Å²) in [6.45, 7) is 14.5. The Morgan fingerprint density at radius 2 is 1.81 bits per heavy atom. The van der Waals surface area contributed by atoms with E-state index in [0.717, 1.165) is 29.8 Å². The lowest BCUT2D eigenvalue weighted by Crippen LogP contribution is -2.27. The van der Waals surface area contributed by atoms with E-state index in [0.29, 0.717) is 0 Å². The van der Waals surface area contributed by atoms with Crippen molar-refractivity contribution in [1.29, 1.82) is 0 Å². The highest BCUT2D eigenvalue weighted by atomic mass is 16.5. The van der Waals surface area contributed by atoms with E-state index in [4.69, 9.17) is 9.84 Å². The van der Waals surface area contributed by atoms with Crippen molar-refractivity contribution in [3.63, 3.8) is 0 Å². The average Bonchev–Trinajstić information content (AvgIpc) is 2.69. The van der Waals surface area contributed by atoms with Gasteiger partial charge in [0.05, 0.1) is 0 Å². The zero-order valence-electron chi connectivity index (χ0n) is 19.1. The summed E-state index contributed by atoms with van der Waals surface area (Å²) in [6.07, 6.45) is 0. The summed E-state index contributed by atoms with van der Waals surface area (Å²) in [5.41, 5.74) is 3.81. The van der Waals surface area contributed by atoms with Crippen LogP contribution in [0.3, 0.4) is 0 Å². The number of benzene rings is 2. The van der Waals surface area contributed by atoms with Gasteiger partial charge < -0.3 is 19.8 Å². The number of aromatic carboxylic acids is 1. The average molecular weight is 429 g/mol. The van der Waals surface area contributed by atoms with Gasteiger partial charge in [-0.25, -0.2) is 4.79 Å². The Morgan fingerprint density at radius 1 is 1.16 bits per heavy atom. The molecule has 2 rings (SSSR count). The Hall–Kier alpha value is -3.09. The lowest BCUT2D eigenvalue weighted by Gasteiger charge is -2.32. The standard InChI is InChI=1S/C24H32N2O5/c1-7-26(8-2)22-15(3)11-16(12-19(22)24(4,5)6)20(25-30)14-31-17-9-10-18(23(28)29)21(27)13-17/h9-13,20,27H,7-8,14H2,1-6H3,(H,28,29). The third-order valence-corrected chi connectivity index (χ3v) is 5.33. The highest BCUT2D eigenvalue weighted by Gasteiger charge is 2.25. The summed E-state index contributed by atoms with van der Waals surface area (Å²) in [4.78, 5) is 25.0. The van der Waals surface area contributed by atoms with E-state index < -0.39 is 17.8 Å². The number of aryl methyl sites for hydroxylation is 1.